The smallest absolute Gasteiger partial charge is 0.387 e. The van der Waals surface area contributed by atoms with Gasteiger partial charge >= 0.3 is 6.61 Å². The first-order valence-corrected chi connectivity index (χ1v) is 7.82. The predicted octanol–water partition coefficient (Wildman–Crippen LogP) is 4.47. The summed E-state index contributed by atoms with van der Waals surface area (Å²) in [6.45, 7) is -1.08. The van der Waals surface area contributed by atoms with Crippen molar-refractivity contribution in [3.8, 4) is 5.75 Å². The Morgan fingerprint density at radius 3 is 2.57 bits per heavy atom. The molecule has 3 nitrogen and oxygen atoms in total. The van der Waals surface area contributed by atoms with Gasteiger partial charge in [-0.25, -0.2) is 0 Å². The summed E-state index contributed by atoms with van der Waals surface area (Å²) in [5, 5.41) is 2.85. The first-order valence-electron chi connectivity index (χ1n) is 7.02. The van der Waals surface area contributed by atoms with E-state index in [0.29, 0.717) is 5.56 Å². The van der Waals surface area contributed by atoms with E-state index < -0.39 is 6.61 Å². The van der Waals surface area contributed by atoms with E-state index in [9.17, 15) is 13.6 Å². The quantitative estimate of drug-likeness (QED) is 0.798. The molecule has 23 heavy (non-hydrogen) atoms. The van der Waals surface area contributed by atoms with Crippen molar-refractivity contribution >= 4 is 21.8 Å². The molecule has 0 saturated heterocycles. The van der Waals surface area contributed by atoms with Gasteiger partial charge in [0.25, 0.3) is 0 Å². The summed E-state index contributed by atoms with van der Waals surface area (Å²) in [5.41, 5.74) is 1.60. The van der Waals surface area contributed by atoms with Crippen LogP contribution in [0.2, 0.25) is 0 Å². The van der Waals surface area contributed by atoms with Gasteiger partial charge in [0.05, 0.1) is 12.5 Å². The normalized spacial score (nSPS) is 12.0. The molecule has 0 heterocycles. The highest BCUT2D eigenvalue weighted by Gasteiger charge is 2.12. The largest absolute Gasteiger partial charge is 0.435 e. The molecule has 0 aliphatic rings. The van der Waals surface area contributed by atoms with Crippen LogP contribution in [-0.2, 0) is 11.2 Å². The molecule has 0 spiro atoms. The highest BCUT2D eigenvalue weighted by Crippen LogP contribution is 2.21. The average Bonchev–Trinajstić information content (AvgIpc) is 2.49. The van der Waals surface area contributed by atoms with E-state index in [0.717, 1.165) is 10.0 Å². The molecule has 1 N–H and O–H groups in total. The molecule has 0 unspecified atom stereocenters. The van der Waals surface area contributed by atoms with Gasteiger partial charge in [0.15, 0.2) is 0 Å². The van der Waals surface area contributed by atoms with Gasteiger partial charge in [0, 0.05) is 4.47 Å². The maximum absolute atomic E-state index is 12.2. The van der Waals surface area contributed by atoms with Gasteiger partial charge in [-0.15, -0.1) is 0 Å². The number of rotatable bonds is 6. The monoisotopic (exact) mass is 383 g/mol. The number of carbonyl (C=O) groups is 1. The molecule has 1 atom stereocenters. The van der Waals surface area contributed by atoms with E-state index in [2.05, 4.69) is 26.0 Å². The van der Waals surface area contributed by atoms with Gasteiger partial charge in [-0.3, -0.25) is 4.79 Å². The number of amides is 1. The molecule has 0 aliphatic heterocycles. The highest BCUT2D eigenvalue weighted by atomic mass is 79.9. The summed E-state index contributed by atoms with van der Waals surface area (Å²) in [6.07, 6.45) is 0.255. The van der Waals surface area contributed by atoms with Crippen LogP contribution in [0.3, 0.4) is 0 Å². The Bertz CT molecular complexity index is 662. The maximum Gasteiger partial charge on any atom is 0.387 e. The summed E-state index contributed by atoms with van der Waals surface area (Å²) in [7, 11) is 0. The number of benzene rings is 2. The third-order valence-electron chi connectivity index (χ3n) is 3.24. The van der Waals surface area contributed by atoms with Crippen LogP contribution in [0.1, 0.15) is 24.1 Å². The van der Waals surface area contributed by atoms with Gasteiger partial charge < -0.3 is 10.1 Å². The number of ether oxygens (including phenoxy) is 1. The number of carbonyl (C=O) groups excluding carboxylic acids is 1. The fourth-order valence-electron chi connectivity index (χ4n) is 2.12. The van der Waals surface area contributed by atoms with Gasteiger partial charge in [0.2, 0.25) is 5.91 Å². The van der Waals surface area contributed by atoms with Crippen molar-refractivity contribution in [1.82, 2.24) is 5.32 Å². The third-order valence-corrected chi connectivity index (χ3v) is 3.77. The lowest BCUT2D eigenvalue weighted by atomic mass is 10.1. The lowest BCUT2D eigenvalue weighted by Gasteiger charge is -2.15. The van der Waals surface area contributed by atoms with Crippen molar-refractivity contribution in [2.45, 2.75) is 26.0 Å². The average molecular weight is 384 g/mol. The molecule has 0 aliphatic carbocycles. The SMILES string of the molecule is C[C@H](NC(=O)Cc1ccc(Br)cc1)c1cccc(OC(F)F)c1. The Balaban J connectivity index is 1.96. The molecule has 0 saturated carbocycles. The molecule has 0 bridgehead atoms. The van der Waals surface area contributed by atoms with Crippen LogP contribution in [0.15, 0.2) is 53.0 Å². The minimum atomic E-state index is -2.87. The molecule has 122 valence electrons. The van der Waals surface area contributed by atoms with Crippen LogP contribution < -0.4 is 10.1 Å². The Morgan fingerprint density at radius 1 is 1.22 bits per heavy atom. The summed E-state index contributed by atoms with van der Waals surface area (Å²) in [4.78, 5) is 12.1. The highest BCUT2D eigenvalue weighted by molar-refractivity contribution is 9.10. The number of hydrogen-bond acceptors (Lipinski definition) is 2. The molecule has 2 aromatic rings. The molecule has 0 aromatic heterocycles. The van der Waals surface area contributed by atoms with E-state index in [1.807, 2.05) is 24.3 Å². The maximum atomic E-state index is 12.2. The molecule has 6 heteroatoms. The molecule has 2 aromatic carbocycles. The minimum absolute atomic E-state index is 0.0755. The van der Waals surface area contributed by atoms with Crippen LogP contribution >= 0.6 is 15.9 Å². The summed E-state index contributed by atoms with van der Waals surface area (Å²) < 4.78 is 29.8. The first-order chi connectivity index (χ1) is 10.9. The van der Waals surface area contributed by atoms with E-state index in [1.54, 1.807) is 19.1 Å². The van der Waals surface area contributed by atoms with Crippen LogP contribution in [0.25, 0.3) is 0 Å². The Hall–Kier alpha value is -1.95. The second-order valence-corrected chi connectivity index (χ2v) is 5.96. The van der Waals surface area contributed by atoms with Crippen molar-refractivity contribution in [3.05, 3.63) is 64.1 Å². The van der Waals surface area contributed by atoms with Crippen molar-refractivity contribution in [3.63, 3.8) is 0 Å². The van der Waals surface area contributed by atoms with E-state index >= 15 is 0 Å². The van der Waals surface area contributed by atoms with Crippen LogP contribution in [0, 0.1) is 0 Å². The summed E-state index contributed by atoms with van der Waals surface area (Å²) in [5.74, 6) is -0.0634. The third kappa shape index (κ3) is 5.63. The lowest BCUT2D eigenvalue weighted by molar-refractivity contribution is -0.121. The summed E-state index contributed by atoms with van der Waals surface area (Å²) in [6, 6.07) is 13.5. The van der Waals surface area contributed by atoms with Gasteiger partial charge in [0.1, 0.15) is 5.75 Å². The van der Waals surface area contributed by atoms with Crippen molar-refractivity contribution in [1.29, 1.82) is 0 Å². The Morgan fingerprint density at radius 2 is 1.91 bits per heavy atom. The number of alkyl halides is 2. The van der Waals surface area contributed by atoms with Gasteiger partial charge in [-0.1, -0.05) is 40.2 Å². The van der Waals surface area contributed by atoms with Crippen LogP contribution in [0.5, 0.6) is 5.75 Å². The standard InChI is InChI=1S/C17H16BrF2NO2/c1-11(13-3-2-4-15(10-13)23-17(19)20)21-16(22)9-12-5-7-14(18)8-6-12/h2-8,10-11,17H,9H2,1H3,(H,21,22)/t11-/m0/s1. The molecular formula is C17H16BrF2NO2. The first kappa shape index (κ1) is 17.4. The minimum Gasteiger partial charge on any atom is -0.435 e. The van der Waals surface area contributed by atoms with Gasteiger partial charge in [-0.2, -0.15) is 8.78 Å². The topological polar surface area (TPSA) is 38.3 Å². The van der Waals surface area contributed by atoms with E-state index in [1.165, 1.54) is 12.1 Å². The van der Waals surface area contributed by atoms with Crippen LogP contribution in [0.4, 0.5) is 8.78 Å². The molecule has 1 amide bonds. The van der Waals surface area contributed by atoms with Crippen molar-refractivity contribution in [2.24, 2.45) is 0 Å². The molecule has 0 radical (unpaired) electrons. The van der Waals surface area contributed by atoms with Crippen molar-refractivity contribution < 1.29 is 18.3 Å². The zero-order valence-corrected chi connectivity index (χ0v) is 14.0. The number of halogens is 3. The Kier molecular flexibility index (Phi) is 6.10. The van der Waals surface area contributed by atoms with Gasteiger partial charge in [-0.05, 0) is 42.3 Å². The lowest BCUT2D eigenvalue weighted by Crippen LogP contribution is -2.28. The van der Waals surface area contributed by atoms with Crippen LogP contribution in [-0.4, -0.2) is 12.5 Å². The van der Waals surface area contributed by atoms with E-state index in [-0.39, 0.29) is 24.1 Å². The summed E-state index contributed by atoms with van der Waals surface area (Å²) >= 11 is 3.34. The second kappa shape index (κ2) is 8.06. The number of nitrogens with one attached hydrogen (secondary N) is 1. The zero-order valence-electron chi connectivity index (χ0n) is 12.4. The molecule has 2 rings (SSSR count). The Labute approximate surface area is 141 Å². The van der Waals surface area contributed by atoms with Crippen molar-refractivity contribution in [2.75, 3.05) is 0 Å². The second-order valence-electron chi connectivity index (χ2n) is 5.04. The zero-order chi connectivity index (χ0) is 16.8. The van der Waals surface area contributed by atoms with E-state index in [4.69, 9.17) is 0 Å². The fourth-order valence-corrected chi connectivity index (χ4v) is 2.39. The molecule has 0 fully saturated rings. The number of hydrogen-bond donors (Lipinski definition) is 1. The molecular weight excluding hydrogens is 368 g/mol. The predicted molar refractivity (Wildman–Crippen MR) is 87.5 cm³/mol. The fraction of sp³-hybridized carbons (Fsp3) is 0.235.